The van der Waals surface area contributed by atoms with E-state index in [2.05, 4.69) is 9.97 Å². The molecular formula is C15H12ClN3O2S. The van der Waals surface area contributed by atoms with E-state index in [0.717, 1.165) is 11.6 Å². The molecule has 112 valence electrons. The van der Waals surface area contributed by atoms with Crippen molar-refractivity contribution in [2.75, 3.05) is 12.0 Å². The molecule has 1 heterocycles. The second-order valence-corrected chi connectivity index (χ2v) is 7.34. The van der Waals surface area contributed by atoms with Crippen molar-refractivity contribution in [2.24, 2.45) is 0 Å². The lowest BCUT2D eigenvalue weighted by atomic mass is 10.2. The summed E-state index contributed by atoms with van der Waals surface area (Å²) < 4.78 is 23.0. The quantitative estimate of drug-likeness (QED) is 0.779. The summed E-state index contributed by atoms with van der Waals surface area (Å²) >= 11 is 5.97. The molecule has 0 unspecified atom stereocenters. The molecule has 3 aromatic rings. The van der Waals surface area contributed by atoms with Gasteiger partial charge in [0, 0.05) is 22.2 Å². The fourth-order valence-electron chi connectivity index (χ4n) is 2.11. The predicted molar refractivity (Wildman–Crippen MR) is 87.5 cm³/mol. The summed E-state index contributed by atoms with van der Waals surface area (Å²) in [6.07, 6.45) is 1.16. The number of hydrogen-bond acceptors (Lipinski definition) is 5. The molecule has 3 rings (SSSR count). The van der Waals surface area contributed by atoms with Gasteiger partial charge in [-0.25, -0.2) is 18.4 Å². The van der Waals surface area contributed by atoms with Gasteiger partial charge in [-0.2, -0.15) is 0 Å². The molecule has 5 nitrogen and oxygen atoms in total. The fraction of sp³-hybridized carbons (Fsp3) is 0.0667. The second kappa shape index (κ2) is 5.23. The van der Waals surface area contributed by atoms with Gasteiger partial charge in [0.25, 0.3) is 0 Å². The number of anilines is 1. The van der Waals surface area contributed by atoms with Crippen molar-refractivity contribution < 1.29 is 8.42 Å². The maximum atomic E-state index is 11.5. The van der Waals surface area contributed by atoms with Crippen LogP contribution in [0.1, 0.15) is 0 Å². The van der Waals surface area contributed by atoms with E-state index in [9.17, 15) is 8.42 Å². The van der Waals surface area contributed by atoms with Crippen LogP contribution in [0.3, 0.4) is 0 Å². The Bertz CT molecular complexity index is 970. The van der Waals surface area contributed by atoms with Crippen molar-refractivity contribution in [1.82, 2.24) is 9.97 Å². The zero-order chi connectivity index (χ0) is 15.9. The van der Waals surface area contributed by atoms with Crippen LogP contribution in [0.15, 0.2) is 47.4 Å². The zero-order valence-electron chi connectivity index (χ0n) is 11.6. The molecule has 0 fully saturated rings. The van der Waals surface area contributed by atoms with Crippen molar-refractivity contribution in [2.45, 2.75) is 4.90 Å². The topological polar surface area (TPSA) is 85.9 Å². The lowest BCUT2D eigenvalue weighted by Gasteiger charge is -2.06. The van der Waals surface area contributed by atoms with Crippen LogP contribution >= 0.6 is 11.6 Å². The number of nitrogens with zero attached hydrogens (tertiary/aromatic N) is 2. The zero-order valence-corrected chi connectivity index (χ0v) is 13.2. The molecule has 2 N–H and O–H groups in total. The van der Waals surface area contributed by atoms with Crippen molar-refractivity contribution in [1.29, 1.82) is 0 Å². The number of nitrogens with two attached hydrogens (primary N) is 1. The molecule has 2 aromatic carbocycles. The summed E-state index contributed by atoms with van der Waals surface area (Å²) in [4.78, 5) is 8.94. The standard InChI is InChI=1S/C15H12ClN3O2S/c1-22(20,21)11-5-2-9(3-6-11)15-18-13-8-10(16)4-7-12(13)14(17)19-15/h2-8H,1H3,(H2,17,18,19). The molecule has 0 bridgehead atoms. The van der Waals surface area contributed by atoms with E-state index in [4.69, 9.17) is 17.3 Å². The number of halogens is 1. The number of benzene rings is 2. The maximum absolute atomic E-state index is 11.5. The largest absolute Gasteiger partial charge is 0.383 e. The van der Waals surface area contributed by atoms with Gasteiger partial charge in [0.1, 0.15) is 5.82 Å². The van der Waals surface area contributed by atoms with E-state index >= 15 is 0 Å². The van der Waals surface area contributed by atoms with Gasteiger partial charge in [0.15, 0.2) is 15.7 Å². The Hall–Kier alpha value is -2.18. The highest BCUT2D eigenvalue weighted by atomic mass is 35.5. The molecular weight excluding hydrogens is 322 g/mol. The molecule has 0 amide bonds. The van der Waals surface area contributed by atoms with E-state index in [1.165, 1.54) is 12.1 Å². The number of rotatable bonds is 2. The van der Waals surface area contributed by atoms with E-state index in [-0.39, 0.29) is 4.90 Å². The average Bonchev–Trinajstić information content (AvgIpc) is 2.46. The number of aromatic nitrogens is 2. The van der Waals surface area contributed by atoms with Crippen LogP contribution in [0, 0.1) is 0 Å². The van der Waals surface area contributed by atoms with Gasteiger partial charge in [-0.05, 0) is 42.5 Å². The SMILES string of the molecule is CS(=O)(=O)c1ccc(-c2nc(N)c3ccc(Cl)cc3n2)cc1. The van der Waals surface area contributed by atoms with Gasteiger partial charge in [-0.15, -0.1) is 0 Å². The molecule has 0 aliphatic rings. The maximum Gasteiger partial charge on any atom is 0.175 e. The molecule has 0 aliphatic carbocycles. The van der Waals surface area contributed by atoms with Crippen molar-refractivity contribution >= 4 is 38.2 Å². The van der Waals surface area contributed by atoms with Crippen LogP contribution in [-0.4, -0.2) is 24.6 Å². The third kappa shape index (κ3) is 2.75. The van der Waals surface area contributed by atoms with Gasteiger partial charge in [0.05, 0.1) is 10.4 Å². The number of nitrogen functional groups attached to an aromatic ring is 1. The van der Waals surface area contributed by atoms with E-state index in [1.54, 1.807) is 30.3 Å². The molecule has 0 radical (unpaired) electrons. The monoisotopic (exact) mass is 333 g/mol. The Morgan fingerprint density at radius 3 is 2.36 bits per heavy atom. The Labute approximate surface area is 132 Å². The number of hydrogen-bond donors (Lipinski definition) is 1. The predicted octanol–water partition coefficient (Wildman–Crippen LogP) is 2.94. The Morgan fingerprint density at radius 1 is 1.05 bits per heavy atom. The molecule has 0 aliphatic heterocycles. The highest BCUT2D eigenvalue weighted by Crippen LogP contribution is 2.26. The third-order valence-electron chi connectivity index (χ3n) is 3.23. The first-order chi connectivity index (χ1) is 10.3. The summed E-state index contributed by atoms with van der Waals surface area (Å²) in [5, 5.41) is 1.28. The molecule has 0 saturated carbocycles. The van der Waals surface area contributed by atoms with Gasteiger partial charge in [-0.1, -0.05) is 11.6 Å². The molecule has 0 saturated heterocycles. The fourth-order valence-corrected chi connectivity index (χ4v) is 2.90. The van der Waals surface area contributed by atoms with Crippen molar-refractivity contribution in [3.63, 3.8) is 0 Å². The lowest BCUT2D eigenvalue weighted by Crippen LogP contribution is -1.99. The number of fused-ring (bicyclic) bond motifs is 1. The van der Waals surface area contributed by atoms with Crippen molar-refractivity contribution in [3.05, 3.63) is 47.5 Å². The van der Waals surface area contributed by atoms with Crippen LogP contribution in [0.25, 0.3) is 22.3 Å². The second-order valence-electron chi connectivity index (χ2n) is 4.89. The first-order valence-corrected chi connectivity index (χ1v) is 8.65. The molecule has 7 heteroatoms. The van der Waals surface area contributed by atoms with Gasteiger partial charge in [0.2, 0.25) is 0 Å². The van der Waals surface area contributed by atoms with Crippen LogP contribution in [0.4, 0.5) is 5.82 Å². The molecule has 0 atom stereocenters. The molecule has 0 spiro atoms. The van der Waals surface area contributed by atoms with Crippen LogP contribution in [0.5, 0.6) is 0 Å². The minimum Gasteiger partial charge on any atom is -0.383 e. The highest BCUT2D eigenvalue weighted by molar-refractivity contribution is 7.90. The normalized spacial score (nSPS) is 11.7. The minimum atomic E-state index is -3.23. The molecule has 22 heavy (non-hydrogen) atoms. The summed E-state index contributed by atoms with van der Waals surface area (Å²) in [5.74, 6) is 0.774. The average molecular weight is 334 g/mol. The van der Waals surface area contributed by atoms with Crippen LogP contribution < -0.4 is 5.73 Å². The van der Waals surface area contributed by atoms with Gasteiger partial charge in [-0.3, -0.25) is 0 Å². The van der Waals surface area contributed by atoms with Gasteiger partial charge >= 0.3 is 0 Å². The minimum absolute atomic E-state index is 0.244. The summed E-state index contributed by atoms with van der Waals surface area (Å²) in [6, 6.07) is 11.6. The van der Waals surface area contributed by atoms with E-state index < -0.39 is 9.84 Å². The Balaban J connectivity index is 2.14. The third-order valence-corrected chi connectivity index (χ3v) is 4.59. The van der Waals surface area contributed by atoms with E-state index in [1.807, 2.05) is 0 Å². The summed E-state index contributed by atoms with van der Waals surface area (Å²) in [6.45, 7) is 0. The van der Waals surface area contributed by atoms with Crippen LogP contribution in [-0.2, 0) is 9.84 Å². The van der Waals surface area contributed by atoms with Crippen LogP contribution in [0.2, 0.25) is 5.02 Å². The Kier molecular flexibility index (Phi) is 3.50. The Morgan fingerprint density at radius 2 is 1.73 bits per heavy atom. The first kappa shape index (κ1) is 14.7. The number of sulfone groups is 1. The van der Waals surface area contributed by atoms with Crippen molar-refractivity contribution in [3.8, 4) is 11.4 Å². The summed E-state index contributed by atoms with van der Waals surface area (Å²) in [5.41, 5.74) is 7.28. The van der Waals surface area contributed by atoms with E-state index in [0.29, 0.717) is 27.7 Å². The first-order valence-electron chi connectivity index (χ1n) is 6.38. The summed E-state index contributed by atoms with van der Waals surface area (Å²) in [7, 11) is -3.23. The van der Waals surface area contributed by atoms with Gasteiger partial charge < -0.3 is 5.73 Å². The molecule has 1 aromatic heterocycles. The highest BCUT2D eigenvalue weighted by Gasteiger charge is 2.10. The smallest absolute Gasteiger partial charge is 0.175 e. The lowest BCUT2D eigenvalue weighted by molar-refractivity contribution is 0.602.